The van der Waals surface area contributed by atoms with Crippen molar-refractivity contribution in [2.75, 3.05) is 19.8 Å². The molecule has 0 saturated carbocycles. The fourth-order valence-corrected chi connectivity index (χ4v) is 2.24. The summed E-state index contributed by atoms with van der Waals surface area (Å²) in [6.45, 7) is 6.03. The number of ether oxygens (including phenoxy) is 2. The summed E-state index contributed by atoms with van der Waals surface area (Å²) >= 11 is 0. The second-order valence-electron chi connectivity index (χ2n) is 4.67. The smallest absolute Gasteiger partial charge is 0.329 e. The average Bonchev–Trinajstić information content (AvgIpc) is 2.52. The van der Waals surface area contributed by atoms with Gasteiger partial charge in [-0.3, -0.25) is 4.79 Å². The van der Waals surface area contributed by atoms with Crippen molar-refractivity contribution in [3.05, 3.63) is 0 Å². The minimum absolute atomic E-state index is 0.0572. The third-order valence-corrected chi connectivity index (χ3v) is 3.32. The number of rotatable bonds is 6. The molecule has 0 radical (unpaired) electrons. The predicted molar refractivity (Wildman–Crippen MR) is 64.1 cm³/mol. The Morgan fingerprint density at radius 3 is 2.44 bits per heavy atom. The Labute approximate surface area is 107 Å². The molecule has 1 aliphatic heterocycles. The number of amides is 1. The first-order valence-electron chi connectivity index (χ1n) is 6.16. The molecule has 2 N–H and O–H groups in total. The van der Waals surface area contributed by atoms with Gasteiger partial charge >= 0.3 is 5.97 Å². The molecule has 1 fully saturated rings. The van der Waals surface area contributed by atoms with Gasteiger partial charge < -0.3 is 19.9 Å². The van der Waals surface area contributed by atoms with E-state index < -0.39 is 5.97 Å². The second-order valence-corrected chi connectivity index (χ2v) is 4.67. The Bertz CT molecular complexity index is 307. The van der Waals surface area contributed by atoms with E-state index >= 15 is 0 Å². The lowest BCUT2D eigenvalue weighted by Gasteiger charge is -2.17. The van der Waals surface area contributed by atoms with Crippen LogP contribution >= 0.6 is 0 Å². The summed E-state index contributed by atoms with van der Waals surface area (Å²) in [4.78, 5) is 22.1. The van der Waals surface area contributed by atoms with Crippen molar-refractivity contribution < 1.29 is 24.2 Å². The first kappa shape index (κ1) is 14.9. The summed E-state index contributed by atoms with van der Waals surface area (Å²) in [6, 6.07) is 0. The number of carboxylic acids is 1. The van der Waals surface area contributed by atoms with Gasteiger partial charge in [-0.15, -0.1) is 0 Å². The molecule has 18 heavy (non-hydrogen) atoms. The van der Waals surface area contributed by atoms with Gasteiger partial charge in [0.2, 0.25) is 5.91 Å². The molecule has 0 bridgehead atoms. The van der Waals surface area contributed by atoms with E-state index in [4.69, 9.17) is 14.6 Å². The maximum absolute atomic E-state index is 11.9. The van der Waals surface area contributed by atoms with Crippen molar-refractivity contribution in [1.82, 2.24) is 5.32 Å². The molecule has 4 atom stereocenters. The molecule has 4 unspecified atom stereocenters. The highest BCUT2D eigenvalue weighted by molar-refractivity contribution is 5.79. The lowest BCUT2D eigenvalue weighted by Crippen LogP contribution is -2.38. The van der Waals surface area contributed by atoms with Gasteiger partial charge in [0.05, 0.1) is 24.7 Å². The van der Waals surface area contributed by atoms with Gasteiger partial charge in [0.15, 0.2) is 0 Å². The molecule has 0 aromatic carbocycles. The molecule has 1 heterocycles. The van der Waals surface area contributed by atoms with Crippen molar-refractivity contribution in [3.8, 4) is 0 Å². The molecular weight excluding hydrogens is 238 g/mol. The molecule has 1 aliphatic rings. The number of aliphatic carboxylic acids is 1. The highest BCUT2D eigenvalue weighted by atomic mass is 16.5. The van der Waals surface area contributed by atoms with Crippen LogP contribution in [-0.2, 0) is 19.1 Å². The van der Waals surface area contributed by atoms with Gasteiger partial charge in [-0.1, -0.05) is 6.92 Å². The SMILES string of the molecule is CC1OC(C)C(C(=O)NCCOCC(=O)O)C1C. The van der Waals surface area contributed by atoms with Crippen LogP contribution in [0.15, 0.2) is 0 Å². The van der Waals surface area contributed by atoms with Crippen LogP contribution in [0.2, 0.25) is 0 Å². The van der Waals surface area contributed by atoms with Crippen molar-refractivity contribution in [3.63, 3.8) is 0 Å². The van der Waals surface area contributed by atoms with E-state index in [9.17, 15) is 9.59 Å². The molecular formula is C12H21NO5. The summed E-state index contributed by atoms with van der Waals surface area (Å²) in [5.41, 5.74) is 0. The number of nitrogens with one attached hydrogen (secondary N) is 1. The van der Waals surface area contributed by atoms with E-state index in [-0.39, 0.29) is 43.2 Å². The quantitative estimate of drug-likeness (QED) is 0.668. The van der Waals surface area contributed by atoms with Crippen LogP contribution in [0, 0.1) is 11.8 Å². The number of carbonyl (C=O) groups excluding carboxylic acids is 1. The second kappa shape index (κ2) is 6.70. The van der Waals surface area contributed by atoms with Gasteiger partial charge in [0.25, 0.3) is 0 Å². The average molecular weight is 259 g/mol. The van der Waals surface area contributed by atoms with Crippen molar-refractivity contribution in [2.45, 2.75) is 33.0 Å². The van der Waals surface area contributed by atoms with Gasteiger partial charge in [-0.05, 0) is 19.8 Å². The van der Waals surface area contributed by atoms with E-state index in [0.29, 0.717) is 6.54 Å². The molecule has 0 spiro atoms. The van der Waals surface area contributed by atoms with Gasteiger partial charge in [0.1, 0.15) is 6.61 Å². The third kappa shape index (κ3) is 3.96. The van der Waals surface area contributed by atoms with Crippen LogP contribution in [0.1, 0.15) is 20.8 Å². The highest BCUT2D eigenvalue weighted by Gasteiger charge is 2.41. The van der Waals surface area contributed by atoms with Crippen LogP contribution in [0.25, 0.3) is 0 Å². The first-order valence-corrected chi connectivity index (χ1v) is 6.16. The van der Waals surface area contributed by atoms with Crippen LogP contribution in [-0.4, -0.2) is 48.9 Å². The molecule has 1 amide bonds. The normalized spacial score (nSPS) is 31.3. The molecule has 0 aromatic heterocycles. The fourth-order valence-electron chi connectivity index (χ4n) is 2.24. The maximum atomic E-state index is 11.9. The van der Waals surface area contributed by atoms with Crippen molar-refractivity contribution >= 4 is 11.9 Å². The summed E-state index contributed by atoms with van der Waals surface area (Å²) in [6.07, 6.45) is -0.00560. The van der Waals surface area contributed by atoms with E-state index in [1.165, 1.54) is 0 Å². The Kier molecular flexibility index (Phi) is 5.55. The van der Waals surface area contributed by atoms with Crippen LogP contribution in [0.5, 0.6) is 0 Å². The van der Waals surface area contributed by atoms with Crippen molar-refractivity contribution in [1.29, 1.82) is 0 Å². The molecule has 0 aliphatic carbocycles. The first-order chi connectivity index (χ1) is 8.43. The number of hydrogen-bond donors (Lipinski definition) is 2. The van der Waals surface area contributed by atoms with E-state index in [1.54, 1.807) is 0 Å². The molecule has 6 heteroatoms. The minimum atomic E-state index is -1.01. The van der Waals surface area contributed by atoms with Crippen LogP contribution in [0.3, 0.4) is 0 Å². The van der Waals surface area contributed by atoms with Gasteiger partial charge in [-0.2, -0.15) is 0 Å². The van der Waals surface area contributed by atoms with Crippen LogP contribution in [0.4, 0.5) is 0 Å². The minimum Gasteiger partial charge on any atom is -0.480 e. The largest absolute Gasteiger partial charge is 0.480 e. The third-order valence-electron chi connectivity index (χ3n) is 3.32. The number of carboxylic acid groups (broad SMARTS) is 1. The van der Waals surface area contributed by atoms with Crippen molar-refractivity contribution in [2.24, 2.45) is 11.8 Å². The maximum Gasteiger partial charge on any atom is 0.329 e. The van der Waals surface area contributed by atoms with E-state index in [0.717, 1.165) is 0 Å². The number of carbonyl (C=O) groups is 2. The molecule has 6 nitrogen and oxygen atoms in total. The highest BCUT2D eigenvalue weighted by Crippen LogP contribution is 2.31. The lowest BCUT2D eigenvalue weighted by atomic mass is 9.89. The van der Waals surface area contributed by atoms with E-state index in [1.807, 2.05) is 20.8 Å². The fraction of sp³-hybridized carbons (Fsp3) is 0.833. The van der Waals surface area contributed by atoms with Gasteiger partial charge in [0, 0.05) is 6.54 Å². The zero-order chi connectivity index (χ0) is 13.7. The Balaban J connectivity index is 2.26. The Morgan fingerprint density at radius 2 is 1.94 bits per heavy atom. The Morgan fingerprint density at radius 1 is 1.28 bits per heavy atom. The molecule has 0 aromatic rings. The Hall–Kier alpha value is -1.14. The predicted octanol–water partition coefficient (Wildman–Crippen LogP) is 0.263. The zero-order valence-corrected chi connectivity index (χ0v) is 11.0. The molecule has 104 valence electrons. The summed E-state index contributed by atoms with van der Waals surface area (Å²) in [5, 5.41) is 11.1. The summed E-state index contributed by atoms with van der Waals surface area (Å²) < 4.78 is 10.4. The zero-order valence-electron chi connectivity index (χ0n) is 11.0. The van der Waals surface area contributed by atoms with Crippen LogP contribution < -0.4 is 5.32 Å². The number of hydrogen-bond acceptors (Lipinski definition) is 4. The topological polar surface area (TPSA) is 84.9 Å². The van der Waals surface area contributed by atoms with E-state index in [2.05, 4.69) is 5.32 Å². The summed E-state index contributed by atoms with van der Waals surface area (Å²) in [5.74, 6) is -1.04. The standard InChI is InChI=1S/C12H21NO5/c1-7-8(2)18-9(3)11(7)12(16)13-4-5-17-6-10(14)15/h7-9,11H,4-6H2,1-3H3,(H,13,16)(H,14,15). The molecule has 1 saturated heterocycles. The lowest BCUT2D eigenvalue weighted by molar-refractivity contribution is -0.142. The summed E-state index contributed by atoms with van der Waals surface area (Å²) in [7, 11) is 0. The van der Waals surface area contributed by atoms with Gasteiger partial charge in [-0.25, -0.2) is 4.79 Å². The molecule has 1 rings (SSSR count). The monoisotopic (exact) mass is 259 g/mol.